The Balaban J connectivity index is 1.95. The number of hydrogen-bond donors (Lipinski definition) is 1. The van der Waals surface area contributed by atoms with Gasteiger partial charge in [0.2, 0.25) is 0 Å². The van der Waals surface area contributed by atoms with Crippen LogP contribution in [-0.4, -0.2) is 34.1 Å². The molecule has 1 N–H and O–H groups in total. The molecular formula is C14H17N3O2. The fourth-order valence-corrected chi connectivity index (χ4v) is 2.54. The maximum absolute atomic E-state index is 12.6. The van der Waals surface area contributed by atoms with Crippen molar-refractivity contribution in [2.24, 2.45) is 0 Å². The number of H-pyrrole nitrogens is 1. The predicted octanol–water partition coefficient (Wildman–Crippen LogP) is 2.60. The second kappa shape index (κ2) is 4.91. The highest BCUT2D eigenvalue weighted by molar-refractivity contribution is 6.00. The highest BCUT2D eigenvalue weighted by Gasteiger charge is 2.26. The molecule has 1 saturated heterocycles. The number of aryl methyl sites for hydroxylation is 1. The highest BCUT2D eigenvalue weighted by atomic mass is 16.3. The molecule has 0 spiro atoms. The lowest BCUT2D eigenvalue weighted by atomic mass is 10.1. The number of hydrogen-bond acceptors (Lipinski definition) is 3. The Labute approximate surface area is 111 Å². The van der Waals surface area contributed by atoms with E-state index in [1.165, 1.54) is 6.42 Å². The Morgan fingerprint density at radius 2 is 2.16 bits per heavy atom. The van der Waals surface area contributed by atoms with Gasteiger partial charge in [-0.1, -0.05) is 0 Å². The Morgan fingerprint density at radius 1 is 1.37 bits per heavy atom. The molecule has 0 atom stereocenters. The van der Waals surface area contributed by atoms with Gasteiger partial charge in [-0.25, -0.2) is 0 Å². The molecule has 1 fully saturated rings. The molecule has 0 aromatic carbocycles. The van der Waals surface area contributed by atoms with Gasteiger partial charge in [0.1, 0.15) is 5.69 Å². The van der Waals surface area contributed by atoms with Gasteiger partial charge in [-0.05, 0) is 38.3 Å². The van der Waals surface area contributed by atoms with Crippen molar-refractivity contribution >= 4 is 5.91 Å². The average Bonchev–Trinajstić information content (AvgIpc) is 3.08. The van der Waals surface area contributed by atoms with Gasteiger partial charge in [0, 0.05) is 18.8 Å². The van der Waals surface area contributed by atoms with Gasteiger partial charge in [0.25, 0.3) is 5.91 Å². The Hall–Kier alpha value is -2.04. The minimum Gasteiger partial charge on any atom is -0.463 e. The molecule has 0 bridgehead atoms. The normalized spacial score (nSPS) is 15.7. The molecule has 1 amide bonds. The fraction of sp³-hybridized carbons (Fsp3) is 0.429. The van der Waals surface area contributed by atoms with Crippen molar-refractivity contribution in [1.29, 1.82) is 0 Å². The summed E-state index contributed by atoms with van der Waals surface area (Å²) in [7, 11) is 0. The molecule has 3 heterocycles. The molecule has 5 heteroatoms. The van der Waals surface area contributed by atoms with Crippen LogP contribution >= 0.6 is 0 Å². The van der Waals surface area contributed by atoms with Crippen molar-refractivity contribution in [2.75, 3.05) is 13.1 Å². The van der Waals surface area contributed by atoms with Gasteiger partial charge < -0.3 is 9.32 Å². The SMILES string of the molecule is Cc1[nH]nc(-c2ccco2)c1C(=O)N1CCCCC1. The van der Waals surface area contributed by atoms with Crippen molar-refractivity contribution < 1.29 is 9.21 Å². The van der Waals surface area contributed by atoms with Crippen LogP contribution in [0.3, 0.4) is 0 Å². The number of likely N-dealkylation sites (tertiary alicyclic amines) is 1. The minimum absolute atomic E-state index is 0.0531. The zero-order chi connectivity index (χ0) is 13.2. The lowest BCUT2D eigenvalue weighted by Crippen LogP contribution is -2.36. The van der Waals surface area contributed by atoms with E-state index in [1.54, 1.807) is 12.3 Å². The third-order valence-corrected chi connectivity index (χ3v) is 3.56. The molecular weight excluding hydrogens is 242 g/mol. The van der Waals surface area contributed by atoms with E-state index in [0.717, 1.165) is 31.6 Å². The van der Waals surface area contributed by atoms with E-state index in [2.05, 4.69) is 10.2 Å². The summed E-state index contributed by atoms with van der Waals surface area (Å²) in [6.07, 6.45) is 4.96. The summed E-state index contributed by atoms with van der Waals surface area (Å²) in [6, 6.07) is 3.62. The second-order valence-corrected chi connectivity index (χ2v) is 4.90. The van der Waals surface area contributed by atoms with E-state index in [9.17, 15) is 4.79 Å². The van der Waals surface area contributed by atoms with Gasteiger partial charge in [-0.3, -0.25) is 9.89 Å². The summed E-state index contributed by atoms with van der Waals surface area (Å²) in [5, 5.41) is 7.10. The average molecular weight is 259 g/mol. The molecule has 3 rings (SSSR count). The van der Waals surface area contributed by atoms with Gasteiger partial charge >= 0.3 is 0 Å². The van der Waals surface area contributed by atoms with Crippen molar-refractivity contribution in [3.8, 4) is 11.5 Å². The lowest BCUT2D eigenvalue weighted by Gasteiger charge is -2.26. The Kier molecular flexibility index (Phi) is 3.11. The van der Waals surface area contributed by atoms with E-state index in [0.29, 0.717) is 17.0 Å². The van der Waals surface area contributed by atoms with Crippen LogP contribution in [0.1, 0.15) is 35.3 Å². The predicted molar refractivity (Wildman–Crippen MR) is 70.8 cm³/mol. The van der Waals surface area contributed by atoms with E-state index in [4.69, 9.17) is 4.42 Å². The first-order valence-electron chi connectivity index (χ1n) is 6.65. The first kappa shape index (κ1) is 12.0. The third-order valence-electron chi connectivity index (χ3n) is 3.56. The minimum atomic E-state index is 0.0531. The van der Waals surface area contributed by atoms with Crippen LogP contribution in [0, 0.1) is 6.92 Å². The summed E-state index contributed by atoms with van der Waals surface area (Å²) >= 11 is 0. The van der Waals surface area contributed by atoms with Gasteiger partial charge in [0.15, 0.2) is 5.76 Å². The number of carbonyl (C=O) groups excluding carboxylic acids is 1. The van der Waals surface area contributed by atoms with Crippen molar-refractivity contribution in [3.63, 3.8) is 0 Å². The van der Waals surface area contributed by atoms with Gasteiger partial charge in [-0.2, -0.15) is 5.10 Å². The van der Waals surface area contributed by atoms with Crippen LogP contribution in [0.15, 0.2) is 22.8 Å². The summed E-state index contributed by atoms with van der Waals surface area (Å²) in [6.45, 7) is 3.54. The standard InChI is InChI=1S/C14H17N3O2/c1-10-12(14(18)17-7-3-2-4-8-17)13(16-15-10)11-6-5-9-19-11/h5-6,9H,2-4,7-8H2,1H3,(H,15,16). The quantitative estimate of drug-likeness (QED) is 0.901. The van der Waals surface area contributed by atoms with Crippen LogP contribution in [0.25, 0.3) is 11.5 Å². The van der Waals surface area contributed by atoms with Crippen molar-refractivity contribution in [2.45, 2.75) is 26.2 Å². The first-order valence-corrected chi connectivity index (χ1v) is 6.65. The topological polar surface area (TPSA) is 62.1 Å². The van der Waals surface area contributed by atoms with E-state index < -0.39 is 0 Å². The van der Waals surface area contributed by atoms with Gasteiger partial charge in [-0.15, -0.1) is 0 Å². The van der Waals surface area contributed by atoms with Gasteiger partial charge in [0.05, 0.1) is 11.8 Å². The lowest BCUT2D eigenvalue weighted by molar-refractivity contribution is 0.0724. The van der Waals surface area contributed by atoms with Crippen LogP contribution in [0.5, 0.6) is 0 Å². The number of carbonyl (C=O) groups is 1. The molecule has 19 heavy (non-hydrogen) atoms. The number of aromatic amines is 1. The van der Waals surface area contributed by atoms with Crippen LogP contribution in [0.2, 0.25) is 0 Å². The van der Waals surface area contributed by atoms with E-state index >= 15 is 0 Å². The molecule has 0 saturated carbocycles. The first-order chi connectivity index (χ1) is 9.27. The number of rotatable bonds is 2. The highest BCUT2D eigenvalue weighted by Crippen LogP contribution is 2.26. The smallest absolute Gasteiger partial charge is 0.258 e. The fourth-order valence-electron chi connectivity index (χ4n) is 2.54. The molecule has 5 nitrogen and oxygen atoms in total. The van der Waals surface area contributed by atoms with E-state index in [1.807, 2.05) is 17.9 Å². The van der Waals surface area contributed by atoms with Crippen LogP contribution in [-0.2, 0) is 0 Å². The van der Waals surface area contributed by atoms with Crippen molar-refractivity contribution in [1.82, 2.24) is 15.1 Å². The zero-order valence-electron chi connectivity index (χ0n) is 11.0. The molecule has 2 aromatic rings. The number of nitrogens with zero attached hydrogens (tertiary/aromatic N) is 2. The number of amides is 1. The van der Waals surface area contributed by atoms with Crippen LogP contribution in [0.4, 0.5) is 0 Å². The number of piperidine rings is 1. The summed E-state index contributed by atoms with van der Waals surface area (Å²) in [5.74, 6) is 0.682. The monoisotopic (exact) mass is 259 g/mol. The Bertz CT molecular complexity index is 566. The summed E-state index contributed by atoms with van der Waals surface area (Å²) < 4.78 is 5.36. The molecule has 0 unspecified atom stereocenters. The van der Waals surface area contributed by atoms with Crippen LogP contribution < -0.4 is 0 Å². The molecule has 0 aliphatic carbocycles. The number of furan rings is 1. The summed E-state index contributed by atoms with van der Waals surface area (Å²) in [5.41, 5.74) is 2.04. The maximum atomic E-state index is 12.6. The number of nitrogens with one attached hydrogen (secondary N) is 1. The Morgan fingerprint density at radius 3 is 2.84 bits per heavy atom. The third kappa shape index (κ3) is 2.16. The van der Waals surface area contributed by atoms with Crippen molar-refractivity contribution in [3.05, 3.63) is 29.7 Å². The molecule has 100 valence electrons. The number of aromatic nitrogens is 2. The maximum Gasteiger partial charge on any atom is 0.258 e. The molecule has 2 aromatic heterocycles. The molecule has 1 aliphatic rings. The second-order valence-electron chi connectivity index (χ2n) is 4.90. The molecule has 1 aliphatic heterocycles. The summed E-state index contributed by atoms with van der Waals surface area (Å²) in [4.78, 5) is 14.5. The molecule has 0 radical (unpaired) electrons. The zero-order valence-corrected chi connectivity index (χ0v) is 11.0. The van der Waals surface area contributed by atoms with E-state index in [-0.39, 0.29) is 5.91 Å². The largest absolute Gasteiger partial charge is 0.463 e.